The third-order valence-corrected chi connectivity index (χ3v) is 10.4. The minimum Gasteiger partial charge on any atom is -0.659 e. The minimum atomic E-state index is -1.84. The molecule has 7 aromatic rings. The molecule has 9 rings (SSSR count). The number of rotatable bonds is 1. The van der Waals surface area contributed by atoms with E-state index < -0.39 is 48.5 Å². The van der Waals surface area contributed by atoms with Crippen molar-refractivity contribution in [2.75, 3.05) is 0 Å². The first-order valence-corrected chi connectivity index (χ1v) is 20.9. The number of amides is 4. The Labute approximate surface area is 422 Å². The Balaban J connectivity index is 0.000000430. The molecule has 70 heavy (non-hydrogen) atoms. The van der Waals surface area contributed by atoms with E-state index in [0.717, 1.165) is 12.1 Å². The molecule has 20 heteroatoms. The van der Waals surface area contributed by atoms with E-state index in [1.807, 2.05) is 23.2 Å². The maximum Gasteiger partial charge on any atom is 0.169 e. The van der Waals surface area contributed by atoms with Gasteiger partial charge in [0.1, 0.15) is 14.1 Å². The number of hydrogen-bond acceptors (Lipinski definition) is 8. The van der Waals surface area contributed by atoms with Crippen LogP contribution < -0.4 is 9.13 Å². The monoisotopic (exact) mass is 1020 g/mol. The average Bonchev–Trinajstić information content (AvgIpc) is 3.33. The first-order chi connectivity index (χ1) is 32.8. The van der Waals surface area contributed by atoms with Gasteiger partial charge in [0.15, 0.2) is 24.8 Å². The van der Waals surface area contributed by atoms with Crippen molar-refractivity contribution in [1.29, 1.82) is 0 Å². The summed E-state index contributed by atoms with van der Waals surface area (Å²) in [6, 6.07) is 34.2. The molecule has 4 atom stereocenters. The summed E-state index contributed by atoms with van der Waals surface area (Å²) in [6.45, 7) is 0. The Kier molecular flexibility index (Phi) is 17.0. The second-order valence-corrected chi connectivity index (χ2v) is 15.2. The summed E-state index contributed by atoms with van der Waals surface area (Å²) >= 11 is 0. The summed E-state index contributed by atoms with van der Waals surface area (Å²) in [5.41, 5.74) is 0.869. The Morgan fingerprint density at radius 3 is 0.786 bits per heavy atom. The van der Waals surface area contributed by atoms with Gasteiger partial charge in [0.05, 0.1) is 23.6 Å². The number of aromatic nitrogens is 2. The van der Waals surface area contributed by atoms with Crippen molar-refractivity contribution in [3.05, 3.63) is 223 Å². The molecule has 2 aliphatic rings. The molecular weight excluding hydrogens is 986 g/mol. The zero-order valence-corrected chi connectivity index (χ0v) is 38.8. The van der Waals surface area contributed by atoms with E-state index in [4.69, 9.17) is 0 Å². The van der Waals surface area contributed by atoms with Crippen molar-refractivity contribution in [2.24, 2.45) is 14.1 Å². The number of fused-ring (bicyclic) bond motifs is 6. The number of pyridine rings is 2. The van der Waals surface area contributed by atoms with Crippen molar-refractivity contribution in [1.82, 2.24) is 0 Å². The third kappa shape index (κ3) is 12.1. The molecule has 18 nitrogen and oxygen atoms in total. The van der Waals surface area contributed by atoms with E-state index in [0.29, 0.717) is 0 Å². The van der Waals surface area contributed by atoms with Gasteiger partial charge in [-0.1, -0.05) is 109 Å². The van der Waals surface area contributed by atoms with E-state index in [1.54, 1.807) is 24.3 Å². The van der Waals surface area contributed by atoms with Gasteiger partial charge in [-0.2, -0.15) is 22.7 Å². The summed E-state index contributed by atoms with van der Waals surface area (Å²) < 4.78 is 4.07. The summed E-state index contributed by atoms with van der Waals surface area (Å²) in [6.07, 6.45) is 0.860. The van der Waals surface area contributed by atoms with E-state index in [9.17, 15) is 39.6 Å². The van der Waals surface area contributed by atoms with Crippen LogP contribution in [0.2, 0.25) is 0 Å². The van der Waals surface area contributed by atoms with Crippen LogP contribution in [0.25, 0.3) is 53.7 Å². The number of aliphatic hydroxyl groups is 4. The maximum atomic E-state index is 13.8. The number of nitrogens with zero attached hydrogens (tertiary/aromatic N) is 10. The predicted octanol–water partition coefficient (Wildman–Crippen LogP) is 9.39. The van der Waals surface area contributed by atoms with E-state index >= 15 is 0 Å². The molecule has 0 fully saturated rings. The second-order valence-electron chi connectivity index (χ2n) is 15.2. The SMILES string of the molecule is C[n+]1ccc(-c2cc[n+](C)cc2)cc1.O=C1[N-]c2cc3c(cc2[N-]C(=O)c2ccccc2[N-]C(O)C(O)[N-]c2ccccc21)[N-]C(=O)c1ccccc1[N-]C(O)C(O)[N-]c1ccccc1C(=O)[N-]3.[Ni].[Ni]. The molecule has 0 bridgehead atoms. The van der Waals surface area contributed by atoms with Crippen molar-refractivity contribution < 1.29 is 81.7 Å². The maximum absolute atomic E-state index is 13.8. The fourth-order valence-electron chi connectivity index (χ4n) is 6.88. The smallest absolute Gasteiger partial charge is 0.169 e. The fraction of sp³-hybridized carbons (Fsp3) is 0.120. The average molecular weight is 1030 g/mol. The standard InChI is InChI=1S/C38H30N8O8.C12H14N2.2Ni/c47-31-19-9-1-5-13-23(19)39-35(51)36(52)40-24-14-6-2-10-20(24)32(48)44-28-18-30-29(17-27(28)43-31)45-33(49)21-11-3-7-15-25(21)41-37(53)38(54)42-26-16-8-4-12-22(26)34(50)46-30;1-13-7-3-11(4-8-13)12-5-9-14(2)10-6-12;;/h1-18,35-38,51-54H,(H4-4,39,40,41,42,43,44,45,46,47,48,49,50);3-10H,1-2H3;;/q-4;+2;;/p-4. The molecule has 2 aromatic heterocycles. The normalized spacial score (nSPS) is 17.5. The van der Waals surface area contributed by atoms with E-state index in [-0.39, 0.29) is 101 Å². The topological polar surface area (TPSA) is 270 Å². The van der Waals surface area contributed by atoms with Gasteiger partial charge in [-0.15, -0.1) is 22.7 Å². The molecular formula is C50H40N10Ni2O8-6. The molecule has 4 amide bonds. The second kappa shape index (κ2) is 23.1. The molecule has 4 N–H and O–H groups in total. The molecule has 0 radical (unpaired) electrons. The van der Waals surface area contributed by atoms with Crippen molar-refractivity contribution in [3.8, 4) is 11.1 Å². The zero-order valence-electron chi connectivity index (χ0n) is 36.8. The van der Waals surface area contributed by atoms with Gasteiger partial charge in [0.25, 0.3) is 0 Å². The fourth-order valence-corrected chi connectivity index (χ4v) is 6.88. The third-order valence-electron chi connectivity index (χ3n) is 10.4. The summed E-state index contributed by atoms with van der Waals surface area (Å²) in [7, 11) is 4.05. The number of hydrogen-bond donors (Lipinski definition) is 4. The number of carbonyl (C=O) groups excluding carboxylic acids is 4. The number of aryl methyl sites for hydroxylation is 2. The van der Waals surface area contributed by atoms with Gasteiger partial charge in [-0.05, 0) is 58.3 Å². The van der Waals surface area contributed by atoms with Gasteiger partial charge in [-0.3, -0.25) is 0 Å². The Hall–Kier alpha value is -7.69. The van der Waals surface area contributed by atoms with Gasteiger partial charge in [0, 0.05) is 57.2 Å². The van der Waals surface area contributed by atoms with Crippen LogP contribution in [-0.4, -0.2) is 69.0 Å². The predicted molar refractivity (Wildman–Crippen MR) is 252 cm³/mol. The van der Waals surface area contributed by atoms with Crippen LogP contribution in [0.1, 0.15) is 41.4 Å². The molecule has 4 unspecified atom stereocenters. The summed E-state index contributed by atoms with van der Waals surface area (Å²) in [5.74, 6) is -3.66. The van der Waals surface area contributed by atoms with Crippen LogP contribution in [0.4, 0.5) is 45.5 Å². The van der Waals surface area contributed by atoms with Crippen LogP contribution in [0, 0.1) is 0 Å². The van der Waals surface area contributed by atoms with Crippen molar-refractivity contribution in [2.45, 2.75) is 24.9 Å². The van der Waals surface area contributed by atoms with Gasteiger partial charge >= 0.3 is 0 Å². The summed E-state index contributed by atoms with van der Waals surface area (Å²) in [5, 5.41) is 75.9. The van der Waals surface area contributed by atoms with Gasteiger partial charge in [-0.25, -0.2) is 9.13 Å². The van der Waals surface area contributed by atoms with Crippen molar-refractivity contribution >= 4 is 69.1 Å². The Morgan fingerprint density at radius 1 is 0.343 bits per heavy atom. The number of carbonyl (C=O) groups is 4. The minimum absolute atomic E-state index is 0. The van der Waals surface area contributed by atoms with Crippen LogP contribution in [0.3, 0.4) is 0 Å². The quantitative estimate of drug-likeness (QED) is 0.0906. The number of benzene rings is 5. The Morgan fingerprint density at radius 2 is 0.557 bits per heavy atom. The van der Waals surface area contributed by atoms with E-state index in [2.05, 4.69) is 91.6 Å². The van der Waals surface area contributed by atoms with E-state index in [1.165, 1.54) is 83.9 Å². The first kappa shape index (κ1) is 51.7. The van der Waals surface area contributed by atoms with Crippen molar-refractivity contribution in [3.63, 3.8) is 0 Å². The molecule has 2 aliphatic heterocycles. The van der Waals surface area contributed by atoms with Crippen LogP contribution in [0.5, 0.6) is 0 Å². The van der Waals surface area contributed by atoms with Crippen LogP contribution >= 0.6 is 0 Å². The Bertz CT molecular complexity index is 2660. The molecule has 5 aromatic carbocycles. The molecule has 0 spiro atoms. The molecule has 0 saturated heterocycles. The van der Waals surface area contributed by atoms with Crippen LogP contribution in [-0.2, 0) is 47.1 Å². The number of para-hydroxylation sites is 4. The van der Waals surface area contributed by atoms with Crippen LogP contribution in [0.15, 0.2) is 158 Å². The largest absolute Gasteiger partial charge is 0.659 e. The molecule has 4 heterocycles. The molecule has 364 valence electrons. The number of aliphatic hydroxyl groups excluding tert-OH is 4. The first-order valence-electron chi connectivity index (χ1n) is 20.9. The van der Waals surface area contributed by atoms with Gasteiger partial charge in [0.2, 0.25) is 0 Å². The molecule has 0 aliphatic carbocycles. The zero-order chi connectivity index (χ0) is 47.9. The summed E-state index contributed by atoms with van der Waals surface area (Å²) in [4.78, 5) is 55.1. The van der Waals surface area contributed by atoms with Gasteiger partial charge < -0.3 is 82.1 Å². The molecule has 0 saturated carbocycles.